The first-order valence-corrected chi connectivity index (χ1v) is 21.4. The Morgan fingerprint density at radius 1 is 0.733 bits per heavy atom. The summed E-state index contributed by atoms with van der Waals surface area (Å²) < 4.78 is 0. The van der Waals surface area contributed by atoms with Crippen LogP contribution in [0.4, 0.5) is 0 Å². The van der Waals surface area contributed by atoms with Crippen molar-refractivity contribution < 1.29 is 14.7 Å². The van der Waals surface area contributed by atoms with Crippen LogP contribution in [0.2, 0.25) is 0 Å². The molecule has 0 heterocycles. The molecular weight excluding hydrogens is 745 g/mol. The molecule has 0 aliphatic carbocycles. The van der Waals surface area contributed by atoms with Gasteiger partial charge >= 0.3 is 5.97 Å². The van der Waals surface area contributed by atoms with Gasteiger partial charge in [-0.05, 0) is 48.0 Å². The van der Waals surface area contributed by atoms with Crippen LogP contribution in [0.5, 0.6) is 0 Å². The molecular formula is C27H30N6O3S9. The van der Waals surface area contributed by atoms with Crippen molar-refractivity contribution >= 4 is 101 Å². The quantitative estimate of drug-likeness (QED) is 0.134. The summed E-state index contributed by atoms with van der Waals surface area (Å²) in [6.45, 7) is 3.87. The minimum atomic E-state index is -1.15. The summed E-state index contributed by atoms with van der Waals surface area (Å²) in [5.74, 6) is -1.20. The summed E-state index contributed by atoms with van der Waals surface area (Å²) in [6.07, 6.45) is 1.02. The first-order chi connectivity index (χ1) is 21.2. The number of aryl methyl sites for hydroxylation is 3. The normalized spacial score (nSPS) is 10.0. The van der Waals surface area contributed by atoms with Crippen molar-refractivity contribution in [3.8, 4) is 0 Å². The fourth-order valence-corrected chi connectivity index (χ4v) is 5.98. The van der Waals surface area contributed by atoms with Gasteiger partial charge in [0.2, 0.25) is 0 Å². The highest BCUT2D eigenvalue weighted by Crippen LogP contribution is 2.22. The predicted octanol–water partition coefficient (Wildman–Crippen LogP) is 7.59. The molecule has 0 amide bonds. The molecule has 3 rings (SSSR count). The van der Waals surface area contributed by atoms with Crippen molar-refractivity contribution in [1.29, 1.82) is 0 Å². The van der Waals surface area contributed by atoms with E-state index in [0.29, 0.717) is 18.4 Å². The molecule has 3 aromatic carbocycles. The van der Waals surface area contributed by atoms with Crippen LogP contribution in [0.15, 0.2) is 89.1 Å². The molecule has 0 aliphatic heterocycles. The zero-order valence-electron chi connectivity index (χ0n) is 23.2. The fraction of sp³-hybridized carbons (Fsp3) is 0.259. The summed E-state index contributed by atoms with van der Waals surface area (Å²) in [7, 11) is 6.29. The Morgan fingerprint density at radius 2 is 1.16 bits per heavy atom. The molecule has 0 fully saturated rings. The molecule has 9 nitrogen and oxygen atoms in total. The van der Waals surface area contributed by atoms with Crippen LogP contribution in [0, 0.1) is 13.8 Å². The van der Waals surface area contributed by atoms with Crippen LogP contribution in [0.3, 0.4) is 0 Å². The molecule has 18 heteroatoms. The maximum absolute atomic E-state index is 12.3. The van der Waals surface area contributed by atoms with Crippen molar-refractivity contribution in [3.05, 3.63) is 128 Å². The van der Waals surface area contributed by atoms with Crippen molar-refractivity contribution in [2.45, 2.75) is 46.2 Å². The molecule has 45 heavy (non-hydrogen) atoms. The fourth-order valence-electron chi connectivity index (χ4n) is 3.24. The molecule has 0 saturated heterocycles. The zero-order chi connectivity index (χ0) is 33.2. The lowest BCUT2D eigenvalue weighted by Gasteiger charge is -2.11. The number of Topliss-reactive ketones (excluding diaryl/α,β-unsaturated/α-hetero) is 1. The first-order valence-electron chi connectivity index (χ1n) is 12.0. The number of ketones is 1. The van der Waals surface area contributed by atoms with E-state index >= 15 is 0 Å². The van der Waals surface area contributed by atoms with Gasteiger partial charge in [-0.2, -0.15) is 0 Å². The second-order valence-corrected chi connectivity index (χ2v) is 17.0. The third-order valence-electron chi connectivity index (χ3n) is 5.25. The molecule has 0 radical (unpaired) electrons. The Balaban J connectivity index is 0. The molecule has 1 N–H and O–H groups in total. The number of carboxylic acids is 1. The van der Waals surface area contributed by atoms with Gasteiger partial charge in [0.25, 0.3) is 0 Å². The number of carbonyl (C=O) groups is 2. The summed E-state index contributed by atoms with van der Waals surface area (Å²) in [6, 6.07) is 22.3. The van der Waals surface area contributed by atoms with E-state index in [1.165, 1.54) is 44.4 Å². The average molecular weight is 775 g/mol. The van der Waals surface area contributed by atoms with Gasteiger partial charge in [-0.1, -0.05) is 108 Å². The largest absolute Gasteiger partial charge is 0.481 e. The molecule has 0 aliphatic rings. The van der Waals surface area contributed by atoms with Crippen LogP contribution in [-0.2, 0) is 105 Å². The lowest BCUT2D eigenvalue weighted by Crippen LogP contribution is -2.11. The lowest BCUT2D eigenvalue weighted by atomic mass is 9.98. The first kappa shape index (κ1) is 44.5. The minimum absolute atomic E-state index is 0. The van der Waals surface area contributed by atoms with Crippen LogP contribution in [-0.4, -0.2) is 16.9 Å². The van der Waals surface area contributed by atoms with Gasteiger partial charge in [-0.25, -0.2) is 0 Å². The zero-order valence-corrected chi connectivity index (χ0v) is 30.5. The second-order valence-electron chi connectivity index (χ2n) is 8.17. The van der Waals surface area contributed by atoms with Crippen LogP contribution >= 0.6 is 0 Å². The van der Waals surface area contributed by atoms with E-state index in [9.17, 15) is 9.59 Å². The Kier molecular flexibility index (Phi) is 28.5. The molecule has 0 bridgehead atoms. The average Bonchev–Trinajstić information content (AvgIpc) is 3.04. The van der Waals surface area contributed by atoms with Crippen molar-refractivity contribution in [1.82, 2.24) is 0 Å². The highest BCUT2D eigenvalue weighted by Gasteiger charge is 2.19. The molecule has 240 valence electrons. The molecule has 0 spiro atoms. The number of azide groups is 2. The van der Waals surface area contributed by atoms with E-state index in [1.54, 1.807) is 24.3 Å². The van der Waals surface area contributed by atoms with Gasteiger partial charge in [0.15, 0.2) is 6.04 Å². The third-order valence-corrected chi connectivity index (χ3v) is 11.9. The number of hydrogen-bond donors (Lipinski definition) is 1. The Morgan fingerprint density at radius 3 is 1.51 bits per heavy atom. The minimum Gasteiger partial charge on any atom is -0.481 e. The maximum Gasteiger partial charge on any atom is 0.316 e. The Labute approximate surface area is 297 Å². The standard InChI is InChI=1S/C17H17N3O.C9H9N3O2.CH4.S5.S4/c1-13-7-10-15(11-8-13)17(19-20-18)16(21)12-9-14-5-3-2-4-6-14;1-6-2-4-7(5-3-6)8(9(13)14)11-12-10;;1-3-5-4-2;1-3-4-2/h2-8,10-11,17H,9,12H2,1H3;2-5,8H,1H3,(H,13,14);1H4;;. The van der Waals surface area contributed by atoms with Gasteiger partial charge in [0.05, 0.1) is 0 Å². The smallest absolute Gasteiger partial charge is 0.316 e. The number of aliphatic carboxylic acids is 1. The van der Waals surface area contributed by atoms with Crippen molar-refractivity contribution in [3.63, 3.8) is 0 Å². The highest BCUT2D eigenvalue weighted by molar-refractivity contribution is 8.59. The summed E-state index contributed by atoms with van der Waals surface area (Å²) in [4.78, 5) is 28.4. The monoisotopic (exact) mass is 774 g/mol. The Hall–Kier alpha value is -2.60. The number of rotatable bonds is 9. The van der Waals surface area contributed by atoms with E-state index in [2.05, 4.69) is 64.8 Å². The second kappa shape index (κ2) is 28.8. The summed E-state index contributed by atoms with van der Waals surface area (Å²) in [5, 5.41) is 15.6. The molecule has 0 aromatic heterocycles. The van der Waals surface area contributed by atoms with E-state index in [0.717, 1.165) is 22.3 Å². The van der Waals surface area contributed by atoms with Gasteiger partial charge in [-0.3, -0.25) is 9.59 Å². The van der Waals surface area contributed by atoms with Crippen LogP contribution in [0.1, 0.15) is 53.7 Å². The van der Waals surface area contributed by atoms with Gasteiger partial charge in [0, 0.05) is 105 Å². The van der Waals surface area contributed by atoms with E-state index < -0.39 is 18.1 Å². The lowest BCUT2D eigenvalue weighted by molar-refractivity contribution is -0.138. The highest BCUT2D eigenvalue weighted by atomic mass is 33.3. The number of hydrogen-bond acceptors (Lipinski definition) is 8. The van der Waals surface area contributed by atoms with Crippen molar-refractivity contribution in [2.75, 3.05) is 0 Å². The van der Waals surface area contributed by atoms with Crippen LogP contribution in [0.25, 0.3) is 20.9 Å². The number of carboxylic acid groups (broad SMARTS) is 1. The number of carbonyl (C=O) groups excluding carboxylic acids is 1. The SMILES string of the molecule is C.Cc1ccc(C(N=[N+]=[N-])C(=O)CCc2ccccc2)cc1.Cc1ccc(C(N=[N+]=[N-])C(=O)O)cc1.S=S=S=S.S=S=S=S=S. The summed E-state index contributed by atoms with van der Waals surface area (Å²) in [5.41, 5.74) is 21.4. The number of nitrogens with zero attached hydrogens (tertiary/aromatic N) is 6. The molecule has 3 aromatic rings. The molecule has 0 saturated carbocycles. The Bertz CT molecular complexity index is 1630. The number of benzene rings is 3. The van der Waals surface area contributed by atoms with Gasteiger partial charge in [-0.15, -0.1) is 0 Å². The third kappa shape index (κ3) is 20.9. The van der Waals surface area contributed by atoms with Gasteiger partial charge in [0.1, 0.15) is 11.8 Å². The van der Waals surface area contributed by atoms with E-state index in [1.807, 2.05) is 68.4 Å². The van der Waals surface area contributed by atoms with E-state index in [-0.39, 0.29) is 13.2 Å². The molecule has 2 atom stereocenters. The van der Waals surface area contributed by atoms with E-state index in [4.69, 9.17) is 16.2 Å². The molecule has 2 unspecified atom stereocenters. The van der Waals surface area contributed by atoms with Crippen LogP contribution < -0.4 is 0 Å². The maximum atomic E-state index is 12.3. The summed E-state index contributed by atoms with van der Waals surface area (Å²) >= 11 is 17.5. The predicted molar refractivity (Wildman–Crippen MR) is 207 cm³/mol. The van der Waals surface area contributed by atoms with Crippen molar-refractivity contribution in [2.24, 2.45) is 10.2 Å². The van der Waals surface area contributed by atoms with Gasteiger partial charge < -0.3 is 5.11 Å². The topological polar surface area (TPSA) is 152 Å².